The van der Waals surface area contributed by atoms with Crippen LogP contribution in [-0.2, 0) is 15.6 Å². The second kappa shape index (κ2) is 7.67. The Kier molecular flexibility index (Phi) is 5.32. The maximum atomic E-state index is 13.7. The number of benzene rings is 3. The third kappa shape index (κ3) is 4.38. The predicted molar refractivity (Wildman–Crippen MR) is 98.1 cm³/mol. The van der Waals surface area contributed by atoms with E-state index in [9.17, 15) is 22.0 Å². The SMILES string of the molecule is O=C(Nc1cccc(F)c1F)c1cccc(CS(=O)(=O)c2ccccc2)c1. The van der Waals surface area contributed by atoms with Gasteiger partial charge in [0.25, 0.3) is 5.91 Å². The molecule has 0 aromatic heterocycles. The second-order valence-electron chi connectivity index (χ2n) is 5.83. The first-order valence-corrected chi connectivity index (χ1v) is 9.64. The van der Waals surface area contributed by atoms with Gasteiger partial charge in [-0.25, -0.2) is 17.2 Å². The Morgan fingerprint density at radius 2 is 1.59 bits per heavy atom. The van der Waals surface area contributed by atoms with Crippen molar-refractivity contribution < 1.29 is 22.0 Å². The van der Waals surface area contributed by atoms with Gasteiger partial charge in [-0.15, -0.1) is 0 Å². The summed E-state index contributed by atoms with van der Waals surface area (Å²) in [5.74, 6) is -3.19. The van der Waals surface area contributed by atoms with Crippen molar-refractivity contribution in [3.05, 3.63) is 95.6 Å². The van der Waals surface area contributed by atoms with Gasteiger partial charge in [0.15, 0.2) is 21.5 Å². The standard InChI is InChI=1S/C20H15F2NO3S/c21-17-10-5-11-18(19(17)22)23-20(24)15-7-4-6-14(12-15)13-27(25,26)16-8-2-1-3-9-16/h1-12H,13H2,(H,23,24). The Hall–Kier alpha value is -3.06. The van der Waals surface area contributed by atoms with Gasteiger partial charge in [-0.05, 0) is 42.0 Å². The van der Waals surface area contributed by atoms with E-state index in [0.717, 1.165) is 6.07 Å². The lowest BCUT2D eigenvalue weighted by Gasteiger charge is -2.09. The minimum Gasteiger partial charge on any atom is -0.319 e. The Morgan fingerprint density at radius 3 is 2.33 bits per heavy atom. The molecule has 0 spiro atoms. The maximum Gasteiger partial charge on any atom is 0.255 e. The smallest absolute Gasteiger partial charge is 0.255 e. The third-order valence-electron chi connectivity index (χ3n) is 3.85. The van der Waals surface area contributed by atoms with E-state index in [-0.39, 0.29) is 21.9 Å². The summed E-state index contributed by atoms with van der Waals surface area (Å²) in [6.07, 6.45) is 0. The molecule has 0 unspecified atom stereocenters. The monoisotopic (exact) mass is 387 g/mol. The van der Waals surface area contributed by atoms with Crippen molar-refractivity contribution in [3.8, 4) is 0 Å². The molecule has 0 aliphatic heterocycles. The first-order valence-electron chi connectivity index (χ1n) is 7.99. The number of nitrogens with one attached hydrogen (secondary N) is 1. The molecule has 0 saturated carbocycles. The fraction of sp³-hybridized carbons (Fsp3) is 0.0500. The van der Waals surface area contributed by atoms with Crippen molar-refractivity contribution in [1.82, 2.24) is 0 Å². The average molecular weight is 387 g/mol. The number of hydrogen-bond donors (Lipinski definition) is 1. The maximum absolute atomic E-state index is 13.7. The number of anilines is 1. The highest BCUT2D eigenvalue weighted by molar-refractivity contribution is 7.90. The van der Waals surface area contributed by atoms with Crippen molar-refractivity contribution >= 4 is 21.4 Å². The van der Waals surface area contributed by atoms with Crippen LogP contribution >= 0.6 is 0 Å². The van der Waals surface area contributed by atoms with Crippen LogP contribution in [0.5, 0.6) is 0 Å². The number of hydrogen-bond acceptors (Lipinski definition) is 3. The van der Waals surface area contributed by atoms with Crippen LogP contribution < -0.4 is 5.32 Å². The third-order valence-corrected chi connectivity index (χ3v) is 5.55. The molecule has 0 radical (unpaired) electrons. The minimum atomic E-state index is -3.57. The van der Waals surface area contributed by atoms with Crippen LogP contribution in [0.15, 0.2) is 77.7 Å². The van der Waals surface area contributed by atoms with E-state index >= 15 is 0 Å². The van der Waals surface area contributed by atoms with Gasteiger partial charge in [0.1, 0.15) is 0 Å². The van der Waals surface area contributed by atoms with E-state index in [4.69, 9.17) is 0 Å². The highest BCUT2D eigenvalue weighted by atomic mass is 32.2. The lowest BCUT2D eigenvalue weighted by molar-refractivity contribution is 0.102. The fourth-order valence-corrected chi connectivity index (χ4v) is 3.88. The van der Waals surface area contributed by atoms with E-state index in [1.54, 1.807) is 24.3 Å². The van der Waals surface area contributed by atoms with Crippen LogP contribution in [-0.4, -0.2) is 14.3 Å². The van der Waals surface area contributed by atoms with Gasteiger partial charge < -0.3 is 5.32 Å². The van der Waals surface area contributed by atoms with Gasteiger partial charge in [-0.2, -0.15) is 0 Å². The topological polar surface area (TPSA) is 63.2 Å². The lowest BCUT2D eigenvalue weighted by atomic mass is 10.1. The molecule has 27 heavy (non-hydrogen) atoms. The molecular weight excluding hydrogens is 372 g/mol. The number of rotatable bonds is 5. The van der Waals surface area contributed by atoms with E-state index in [1.165, 1.54) is 42.5 Å². The van der Waals surface area contributed by atoms with E-state index in [0.29, 0.717) is 5.56 Å². The van der Waals surface area contributed by atoms with Crippen molar-refractivity contribution in [2.75, 3.05) is 5.32 Å². The molecule has 1 N–H and O–H groups in total. The van der Waals surface area contributed by atoms with Gasteiger partial charge in [0, 0.05) is 5.56 Å². The highest BCUT2D eigenvalue weighted by Crippen LogP contribution is 2.20. The first kappa shape index (κ1) is 18.7. The van der Waals surface area contributed by atoms with Crippen LogP contribution in [0.1, 0.15) is 15.9 Å². The normalized spacial score (nSPS) is 11.2. The van der Waals surface area contributed by atoms with Gasteiger partial charge in [-0.1, -0.05) is 36.4 Å². The molecular formula is C20H15F2NO3S. The van der Waals surface area contributed by atoms with Crippen LogP contribution in [0, 0.1) is 11.6 Å². The summed E-state index contributed by atoms with van der Waals surface area (Å²) in [7, 11) is -3.57. The molecule has 3 aromatic carbocycles. The van der Waals surface area contributed by atoms with Gasteiger partial charge in [0.05, 0.1) is 16.3 Å². The molecule has 1 amide bonds. The Labute approximate surface area is 155 Å². The molecule has 4 nitrogen and oxygen atoms in total. The molecule has 138 valence electrons. The quantitative estimate of drug-likeness (QED) is 0.714. The zero-order chi connectivity index (χ0) is 19.4. The molecule has 0 fully saturated rings. The van der Waals surface area contributed by atoms with E-state index in [1.807, 2.05) is 0 Å². The van der Waals surface area contributed by atoms with Crippen molar-refractivity contribution in [1.29, 1.82) is 0 Å². The molecule has 0 atom stereocenters. The van der Waals surface area contributed by atoms with Gasteiger partial charge in [0.2, 0.25) is 0 Å². The summed E-state index contributed by atoms with van der Waals surface area (Å²) in [6.45, 7) is 0. The van der Waals surface area contributed by atoms with Crippen LogP contribution in [0.3, 0.4) is 0 Å². The number of sulfone groups is 1. The van der Waals surface area contributed by atoms with Crippen LogP contribution in [0.2, 0.25) is 0 Å². The van der Waals surface area contributed by atoms with E-state index in [2.05, 4.69) is 5.32 Å². The van der Waals surface area contributed by atoms with Crippen molar-refractivity contribution in [3.63, 3.8) is 0 Å². The summed E-state index contributed by atoms with van der Waals surface area (Å²) >= 11 is 0. The molecule has 7 heteroatoms. The predicted octanol–water partition coefficient (Wildman–Crippen LogP) is 4.19. The summed E-state index contributed by atoms with van der Waals surface area (Å²) < 4.78 is 51.9. The lowest BCUT2D eigenvalue weighted by Crippen LogP contribution is -2.14. The van der Waals surface area contributed by atoms with Gasteiger partial charge >= 0.3 is 0 Å². The van der Waals surface area contributed by atoms with Crippen LogP contribution in [0.4, 0.5) is 14.5 Å². The van der Waals surface area contributed by atoms with E-state index < -0.39 is 27.4 Å². The minimum absolute atomic E-state index is 0.138. The average Bonchev–Trinajstić information content (AvgIpc) is 2.66. The number of carbonyl (C=O) groups excluding carboxylic acids is 1. The van der Waals surface area contributed by atoms with Gasteiger partial charge in [-0.3, -0.25) is 4.79 Å². The second-order valence-corrected chi connectivity index (χ2v) is 7.82. The number of amides is 1. The van der Waals surface area contributed by atoms with Crippen molar-refractivity contribution in [2.24, 2.45) is 0 Å². The summed E-state index contributed by atoms with van der Waals surface area (Å²) in [4.78, 5) is 12.5. The first-order chi connectivity index (χ1) is 12.9. The Bertz CT molecular complexity index is 1080. The van der Waals surface area contributed by atoms with Crippen LogP contribution in [0.25, 0.3) is 0 Å². The zero-order valence-corrected chi connectivity index (χ0v) is 14.8. The summed E-state index contributed by atoms with van der Waals surface area (Å²) in [5.41, 5.74) is 0.257. The molecule has 3 rings (SSSR count). The molecule has 0 bridgehead atoms. The number of carbonyl (C=O) groups is 1. The molecule has 0 aliphatic rings. The largest absolute Gasteiger partial charge is 0.319 e. The fourth-order valence-electron chi connectivity index (χ4n) is 2.53. The number of halogens is 2. The molecule has 0 heterocycles. The molecule has 0 saturated heterocycles. The summed E-state index contributed by atoms with van der Waals surface area (Å²) in [5, 5.41) is 2.29. The molecule has 0 aliphatic carbocycles. The molecule has 3 aromatic rings. The Morgan fingerprint density at radius 1 is 0.889 bits per heavy atom. The highest BCUT2D eigenvalue weighted by Gasteiger charge is 2.17. The Balaban J connectivity index is 1.81. The summed E-state index contributed by atoms with van der Waals surface area (Å²) in [6, 6.07) is 17.4. The van der Waals surface area contributed by atoms with Crippen molar-refractivity contribution in [2.45, 2.75) is 10.6 Å². The zero-order valence-electron chi connectivity index (χ0n) is 14.0.